The van der Waals surface area contributed by atoms with Crippen LogP contribution in [0.15, 0.2) is 6.07 Å². The quantitative estimate of drug-likeness (QED) is 0.723. The highest BCUT2D eigenvalue weighted by Crippen LogP contribution is 2.29. The fourth-order valence-corrected chi connectivity index (χ4v) is 2.20. The molecular formula is C13H18Cl2N4O. The van der Waals surface area contributed by atoms with Crippen molar-refractivity contribution >= 4 is 40.7 Å². The predicted octanol–water partition coefficient (Wildman–Crippen LogP) is 2.90. The Kier molecular flexibility index (Phi) is 5.31. The van der Waals surface area contributed by atoms with E-state index in [0.717, 1.165) is 19.4 Å². The van der Waals surface area contributed by atoms with Gasteiger partial charge in [0.15, 0.2) is 0 Å². The second-order valence-corrected chi connectivity index (χ2v) is 5.51. The third-order valence-corrected chi connectivity index (χ3v) is 3.44. The molecule has 1 heterocycles. The summed E-state index contributed by atoms with van der Waals surface area (Å²) >= 11 is 12.1. The van der Waals surface area contributed by atoms with Gasteiger partial charge in [-0.15, -0.1) is 0 Å². The molecule has 1 aliphatic rings. The maximum atomic E-state index is 11.6. The number of hydrogen-bond donors (Lipinski definition) is 3. The molecule has 0 atom stereocenters. The van der Waals surface area contributed by atoms with Crippen molar-refractivity contribution in [2.24, 2.45) is 0 Å². The van der Waals surface area contributed by atoms with Crippen LogP contribution in [0.4, 0.5) is 11.6 Å². The van der Waals surface area contributed by atoms with Gasteiger partial charge in [0.05, 0.1) is 10.0 Å². The molecule has 0 bridgehead atoms. The van der Waals surface area contributed by atoms with Crippen LogP contribution < -0.4 is 16.0 Å². The number of hydrogen-bond acceptors (Lipinski definition) is 4. The third-order valence-electron chi connectivity index (χ3n) is 2.86. The van der Waals surface area contributed by atoms with Gasteiger partial charge >= 0.3 is 0 Å². The van der Waals surface area contributed by atoms with Crippen molar-refractivity contribution in [3.8, 4) is 0 Å². The van der Waals surface area contributed by atoms with Gasteiger partial charge in [-0.1, -0.05) is 23.2 Å². The summed E-state index contributed by atoms with van der Waals surface area (Å²) in [5.74, 6) is 1.17. The molecule has 0 saturated heterocycles. The number of anilines is 2. The van der Waals surface area contributed by atoms with Crippen LogP contribution in [0.3, 0.4) is 0 Å². The Hall–Kier alpha value is -1.20. The molecule has 1 fully saturated rings. The zero-order valence-corrected chi connectivity index (χ0v) is 12.8. The zero-order chi connectivity index (χ0) is 14.5. The second kappa shape index (κ2) is 6.99. The predicted molar refractivity (Wildman–Crippen MR) is 82.7 cm³/mol. The average molecular weight is 317 g/mol. The van der Waals surface area contributed by atoms with Gasteiger partial charge in [-0.25, -0.2) is 4.98 Å². The number of carbonyl (C=O) groups is 1. The first kappa shape index (κ1) is 15.2. The van der Waals surface area contributed by atoms with Crippen molar-refractivity contribution in [2.75, 3.05) is 23.7 Å². The lowest BCUT2D eigenvalue weighted by Crippen LogP contribution is -2.27. The highest BCUT2D eigenvalue weighted by molar-refractivity contribution is 6.37. The summed E-state index contributed by atoms with van der Waals surface area (Å²) in [7, 11) is 0. The lowest BCUT2D eigenvalue weighted by Gasteiger charge is -2.11. The van der Waals surface area contributed by atoms with Crippen LogP contribution in [0.2, 0.25) is 10.0 Å². The van der Waals surface area contributed by atoms with Crippen molar-refractivity contribution in [2.45, 2.75) is 32.2 Å². The first-order valence-electron chi connectivity index (χ1n) is 6.73. The lowest BCUT2D eigenvalue weighted by atomic mass is 10.3. The third kappa shape index (κ3) is 4.42. The number of pyridine rings is 1. The normalized spacial score (nSPS) is 13.9. The molecule has 0 unspecified atom stereocenters. The summed E-state index contributed by atoms with van der Waals surface area (Å²) < 4.78 is 0. The molecule has 0 aromatic carbocycles. The summed E-state index contributed by atoms with van der Waals surface area (Å²) in [5.41, 5.74) is 0. The van der Waals surface area contributed by atoms with E-state index in [1.54, 1.807) is 6.07 Å². The largest absolute Gasteiger partial charge is 0.369 e. The van der Waals surface area contributed by atoms with Crippen LogP contribution >= 0.6 is 23.2 Å². The number of rotatable bonds is 7. The van der Waals surface area contributed by atoms with E-state index < -0.39 is 0 Å². The molecule has 20 heavy (non-hydrogen) atoms. The number of amides is 1. The Morgan fingerprint density at radius 1 is 1.30 bits per heavy atom. The fourth-order valence-electron chi connectivity index (χ4n) is 1.70. The van der Waals surface area contributed by atoms with Crippen LogP contribution in [0.1, 0.15) is 26.2 Å². The standard InChI is InChI=1S/C13H18Cl2N4O/c1-2-16-12-9(14)7-10(15)13(19-12)17-6-5-11(20)18-8-3-4-8/h7-8H,2-6H2,1H3,(H,18,20)(H2,16,17,19). The van der Waals surface area contributed by atoms with Gasteiger partial charge in [0.2, 0.25) is 5.91 Å². The molecular weight excluding hydrogens is 299 g/mol. The van der Waals surface area contributed by atoms with Crippen LogP contribution in [0.5, 0.6) is 0 Å². The number of aromatic nitrogens is 1. The molecule has 5 nitrogen and oxygen atoms in total. The van der Waals surface area contributed by atoms with E-state index in [1.807, 2.05) is 6.92 Å². The highest BCUT2D eigenvalue weighted by Gasteiger charge is 2.22. The lowest BCUT2D eigenvalue weighted by molar-refractivity contribution is -0.120. The first-order valence-corrected chi connectivity index (χ1v) is 7.49. The topological polar surface area (TPSA) is 66.0 Å². The van der Waals surface area contributed by atoms with E-state index in [0.29, 0.717) is 40.7 Å². The fraction of sp³-hybridized carbons (Fsp3) is 0.538. The molecule has 0 aliphatic heterocycles. The van der Waals surface area contributed by atoms with Crippen molar-refractivity contribution in [3.05, 3.63) is 16.1 Å². The van der Waals surface area contributed by atoms with Gasteiger partial charge in [0.25, 0.3) is 0 Å². The minimum absolute atomic E-state index is 0.0528. The van der Waals surface area contributed by atoms with E-state index in [1.165, 1.54) is 0 Å². The van der Waals surface area contributed by atoms with Crippen molar-refractivity contribution < 1.29 is 4.79 Å². The Morgan fingerprint density at radius 3 is 2.55 bits per heavy atom. The van der Waals surface area contributed by atoms with Crippen LogP contribution in [-0.4, -0.2) is 30.0 Å². The molecule has 3 N–H and O–H groups in total. The van der Waals surface area contributed by atoms with Gasteiger partial charge in [-0.05, 0) is 25.8 Å². The average Bonchev–Trinajstić information content (AvgIpc) is 3.18. The van der Waals surface area contributed by atoms with E-state index in [2.05, 4.69) is 20.9 Å². The van der Waals surface area contributed by atoms with Crippen LogP contribution in [0.25, 0.3) is 0 Å². The Morgan fingerprint density at radius 2 is 1.95 bits per heavy atom. The smallest absolute Gasteiger partial charge is 0.221 e. The Bertz CT molecular complexity index is 492. The first-order chi connectivity index (χ1) is 9.60. The summed E-state index contributed by atoms with van der Waals surface area (Å²) in [5, 5.41) is 9.97. The molecule has 110 valence electrons. The van der Waals surface area contributed by atoms with Gasteiger partial charge in [0.1, 0.15) is 11.6 Å². The van der Waals surface area contributed by atoms with E-state index in [9.17, 15) is 4.79 Å². The van der Waals surface area contributed by atoms with Gasteiger partial charge in [0, 0.05) is 25.6 Å². The maximum Gasteiger partial charge on any atom is 0.221 e. The van der Waals surface area contributed by atoms with E-state index >= 15 is 0 Å². The molecule has 2 rings (SSSR count). The van der Waals surface area contributed by atoms with Crippen LogP contribution in [0, 0.1) is 0 Å². The number of nitrogens with zero attached hydrogens (tertiary/aromatic N) is 1. The van der Waals surface area contributed by atoms with Crippen molar-refractivity contribution in [1.82, 2.24) is 10.3 Å². The molecule has 1 aliphatic carbocycles. The molecule has 1 aromatic rings. The highest BCUT2D eigenvalue weighted by atomic mass is 35.5. The molecule has 0 radical (unpaired) electrons. The van der Waals surface area contributed by atoms with Crippen molar-refractivity contribution in [3.63, 3.8) is 0 Å². The van der Waals surface area contributed by atoms with Gasteiger partial charge in [-0.3, -0.25) is 4.79 Å². The minimum Gasteiger partial charge on any atom is -0.369 e. The van der Waals surface area contributed by atoms with E-state index in [-0.39, 0.29) is 5.91 Å². The monoisotopic (exact) mass is 316 g/mol. The maximum absolute atomic E-state index is 11.6. The summed E-state index contributed by atoms with van der Waals surface area (Å²) in [4.78, 5) is 15.9. The molecule has 1 saturated carbocycles. The molecule has 0 spiro atoms. The molecule has 1 amide bonds. The molecule has 7 heteroatoms. The minimum atomic E-state index is 0.0528. The second-order valence-electron chi connectivity index (χ2n) is 4.70. The summed E-state index contributed by atoms with van der Waals surface area (Å²) in [6, 6.07) is 2.03. The zero-order valence-electron chi connectivity index (χ0n) is 11.3. The van der Waals surface area contributed by atoms with E-state index in [4.69, 9.17) is 23.2 Å². The van der Waals surface area contributed by atoms with Crippen LogP contribution in [-0.2, 0) is 4.79 Å². The number of halogens is 2. The Balaban J connectivity index is 1.87. The SMILES string of the molecule is CCNc1nc(NCCC(=O)NC2CC2)c(Cl)cc1Cl. The molecule has 1 aromatic heterocycles. The van der Waals surface area contributed by atoms with Gasteiger partial charge in [-0.2, -0.15) is 0 Å². The number of carbonyl (C=O) groups excluding carboxylic acids is 1. The van der Waals surface area contributed by atoms with Crippen molar-refractivity contribution in [1.29, 1.82) is 0 Å². The van der Waals surface area contributed by atoms with Gasteiger partial charge < -0.3 is 16.0 Å². The summed E-state index contributed by atoms with van der Waals surface area (Å²) in [6.45, 7) is 3.16. The Labute approximate surface area is 128 Å². The summed E-state index contributed by atoms with van der Waals surface area (Å²) in [6.07, 6.45) is 2.58. The number of nitrogens with one attached hydrogen (secondary N) is 3.